The zero-order chi connectivity index (χ0) is 16.5. The molecule has 0 aromatic heterocycles. The van der Waals surface area contributed by atoms with E-state index in [4.69, 9.17) is 9.84 Å². The van der Waals surface area contributed by atoms with Crippen molar-refractivity contribution >= 4 is 17.6 Å². The normalized spacial score (nSPS) is 13.2. The van der Waals surface area contributed by atoms with E-state index < -0.39 is 18.1 Å². The molecule has 4 N–H and O–H groups in total. The van der Waals surface area contributed by atoms with Crippen LogP contribution in [0.5, 0.6) is 5.75 Å². The van der Waals surface area contributed by atoms with E-state index in [1.807, 2.05) is 0 Å². The van der Waals surface area contributed by atoms with Crippen LogP contribution in [0.25, 0.3) is 0 Å². The van der Waals surface area contributed by atoms with Gasteiger partial charge in [-0.15, -0.1) is 0 Å². The molecule has 1 amide bonds. The molecule has 7 nitrogen and oxygen atoms in total. The predicted molar refractivity (Wildman–Crippen MR) is 82.0 cm³/mol. The Bertz CT molecular complexity index is 489. The first kappa shape index (κ1) is 17.9. The molecule has 0 fully saturated rings. The first-order valence-electron chi connectivity index (χ1n) is 7.07. The highest BCUT2D eigenvalue weighted by Gasteiger charge is 2.16. The number of carboxylic acid groups (broad SMARTS) is 1. The summed E-state index contributed by atoms with van der Waals surface area (Å²) in [6.07, 6.45) is -0.378. The molecule has 0 spiro atoms. The lowest BCUT2D eigenvalue weighted by molar-refractivity contribution is -0.139. The van der Waals surface area contributed by atoms with Crippen molar-refractivity contribution in [1.82, 2.24) is 5.32 Å². The molecule has 0 saturated carbocycles. The van der Waals surface area contributed by atoms with Crippen LogP contribution >= 0.6 is 0 Å². The number of aliphatic hydroxyl groups is 1. The first-order valence-corrected chi connectivity index (χ1v) is 7.07. The maximum absolute atomic E-state index is 10.9. The molecule has 1 aromatic rings. The molecular formula is C15H22N2O5. The van der Waals surface area contributed by atoms with Crippen LogP contribution in [0.2, 0.25) is 0 Å². The van der Waals surface area contributed by atoms with Crippen LogP contribution in [0.1, 0.15) is 20.3 Å². The molecule has 0 bridgehead atoms. The number of rotatable bonds is 9. The van der Waals surface area contributed by atoms with E-state index in [1.165, 1.54) is 6.92 Å². The highest BCUT2D eigenvalue weighted by atomic mass is 16.5. The fourth-order valence-electron chi connectivity index (χ4n) is 1.77. The van der Waals surface area contributed by atoms with Crippen molar-refractivity contribution in [2.45, 2.75) is 32.4 Å². The molecule has 2 unspecified atom stereocenters. The number of hydrogen-bond acceptors (Lipinski definition) is 5. The van der Waals surface area contributed by atoms with Crippen LogP contribution in [0.3, 0.4) is 0 Å². The van der Waals surface area contributed by atoms with Gasteiger partial charge in [-0.2, -0.15) is 0 Å². The molecular weight excluding hydrogens is 288 g/mol. The standard InChI is InChI=1S/C15H22N2O5/c1-3-14(15(20)21)16-8-12(19)9-22-13-6-4-11(5-7-13)17-10(2)18/h4-7,12,14,16,19H,3,8-9H2,1-2H3,(H,17,18)(H,20,21). The second kappa shape index (κ2) is 9.01. The second-order valence-electron chi connectivity index (χ2n) is 4.88. The number of carbonyl (C=O) groups excluding carboxylic acids is 1. The Morgan fingerprint density at radius 3 is 2.41 bits per heavy atom. The fraction of sp³-hybridized carbons (Fsp3) is 0.467. The number of hydrogen-bond donors (Lipinski definition) is 4. The minimum atomic E-state index is -0.941. The van der Waals surface area contributed by atoms with Gasteiger partial charge < -0.3 is 25.6 Å². The van der Waals surface area contributed by atoms with E-state index in [0.29, 0.717) is 17.9 Å². The zero-order valence-corrected chi connectivity index (χ0v) is 12.7. The number of ether oxygens (including phenoxy) is 1. The SMILES string of the molecule is CCC(NCC(O)COc1ccc(NC(C)=O)cc1)C(=O)O. The fourth-order valence-corrected chi connectivity index (χ4v) is 1.77. The number of benzene rings is 1. The van der Waals surface area contributed by atoms with Crippen LogP contribution in [0, 0.1) is 0 Å². The van der Waals surface area contributed by atoms with E-state index in [9.17, 15) is 14.7 Å². The molecule has 22 heavy (non-hydrogen) atoms. The summed E-state index contributed by atoms with van der Waals surface area (Å²) in [6, 6.07) is 6.07. The summed E-state index contributed by atoms with van der Waals surface area (Å²) in [6.45, 7) is 3.36. The van der Waals surface area contributed by atoms with Crippen molar-refractivity contribution in [3.8, 4) is 5.75 Å². The molecule has 7 heteroatoms. The van der Waals surface area contributed by atoms with Gasteiger partial charge in [0.25, 0.3) is 0 Å². The molecule has 1 rings (SSSR count). The smallest absolute Gasteiger partial charge is 0.320 e. The number of aliphatic hydroxyl groups excluding tert-OH is 1. The van der Waals surface area contributed by atoms with Gasteiger partial charge >= 0.3 is 5.97 Å². The van der Waals surface area contributed by atoms with Gasteiger partial charge in [0.15, 0.2) is 0 Å². The Morgan fingerprint density at radius 2 is 1.91 bits per heavy atom. The quantitative estimate of drug-likeness (QED) is 0.538. The Morgan fingerprint density at radius 1 is 1.27 bits per heavy atom. The van der Waals surface area contributed by atoms with E-state index in [-0.39, 0.29) is 19.1 Å². The van der Waals surface area contributed by atoms with Crippen LogP contribution in [-0.2, 0) is 9.59 Å². The Hall–Kier alpha value is -2.12. The van der Waals surface area contributed by atoms with Gasteiger partial charge in [0.05, 0.1) is 0 Å². The predicted octanol–water partition coefficient (Wildman–Crippen LogP) is 0.837. The summed E-state index contributed by atoms with van der Waals surface area (Å²) in [5.74, 6) is -0.540. The van der Waals surface area contributed by atoms with Crippen molar-refractivity contribution in [2.75, 3.05) is 18.5 Å². The highest BCUT2D eigenvalue weighted by Crippen LogP contribution is 2.15. The van der Waals surface area contributed by atoms with Gasteiger partial charge in [-0.05, 0) is 30.7 Å². The largest absolute Gasteiger partial charge is 0.491 e. The van der Waals surface area contributed by atoms with E-state index in [0.717, 1.165) is 0 Å². The highest BCUT2D eigenvalue weighted by molar-refractivity contribution is 5.88. The molecule has 0 aliphatic heterocycles. The Balaban J connectivity index is 2.35. The Kier molecular flexibility index (Phi) is 7.34. The van der Waals surface area contributed by atoms with Crippen LogP contribution in [-0.4, -0.2) is 47.4 Å². The number of anilines is 1. The number of carboxylic acids is 1. The van der Waals surface area contributed by atoms with Crippen molar-refractivity contribution in [2.24, 2.45) is 0 Å². The van der Waals surface area contributed by atoms with Gasteiger partial charge in [0, 0.05) is 19.2 Å². The van der Waals surface area contributed by atoms with Gasteiger partial charge in [-0.3, -0.25) is 9.59 Å². The molecule has 2 atom stereocenters. The van der Waals surface area contributed by atoms with Crippen LogP contribution in [0.15, 0.2) is 24.3 Å². The number of nitrogens with one attached hydrogen (secondary N) is 2. The van der Waals surface area contributed by atoms with Crippen molar-refractivity contribution in [3.05, 3.63) is 24.3 Å². The van der Waals surface area contributed by atoms with Crippen LogP contribution in [0.4, 0.5) is 5.69 Å². The lowest BCUT2D eigenvalue weighted by Gasteiger charge is -2.16. The third kappa shape index (κ3) is 6.55. The molecule has 0 saturated heterocycles. The van der Waals surface area contributed by atoms with E-state index in [1.54, 1.807) is 31.2 Å². The van der Waals surface area contributed by atoms with Gasteiger partial charge in [0.1, 0.15) is 24.5 Å². The minimum Gasteiger partial charge on any atom is -0.491 e. The molecule has 1 aromatic carbocycles. The molecule has 0 aliphatic rings. The molecule has 0 heterocycles. The topological polar surface area (TPSA) is 108 Å². The molecule has 0 radical (unpaired) electrons. The van der Waals surface area contributed by atoms with Gasteiger partial charge in [-0.25, -0.2) is 0 Å². The second-order valence-corrected chi connectivity index (χ2v) is 4.88. The summed E-state index contributed by atoms with van der Waals surface area (Å²) in [4.78, 5) is 21.7. The zero-order valence-electron chi connectivity index (χ0n) is 12.7. The van der Waals surface area contributed by atoms with Gasteiger partial charge in [-0.1, -0.05) is 6.92 Å². The summed E-state index contributed by atoms with van der Waals surface area (Å²) < 4.78 is 5.40. The summed E-state index contributed by atoms with van der Waals surface area (Å²) in [7, 11) is 0. The van der Waals surface area contributed by atoms with Crippen molar-refractivity contribution < 1.29 is 24.5 Å². The average molecular weight is 310 g/mol. The van der Waals surface area contributed by atoms with E-state index >= 15 is 0 Å². The van der Waals surface area contributed by atoms with Crippen molar-refractivity contribution in [3.63, 3.8) is 0 Å². The molecule has 0 aliphatic carbocycles. The summed E-state index contributed by atoms with van der Waals surface area (Å²) in [5, 5.41) is 24.0. The maximum Gasteiger partial charge on any atom is 0.320 e. The van der Waals surface area contributed by atoms with Crippen LogP contribution < -0.4 is 15.4 Å². The monoisotopic (exact) mass is 310 g/mol. The van der Waals surface area contributed by atoms with Gasteiger partial charge in [0.2, 0.25) is 5.91 Å². The lowest BCUT2D eigenvalue weighted by Crippen LogP contribution is -2.42. The minimum absolute atomic E-state index is 0.0442. The average Bonchev–Trinajstić information content (AvgIpc) is 2.46. The third-order valence-corrected chi connectivity index (χ3v) is 2.92. The number of aliphatic carboxylic acids is 1. The summed E-state index contributed by atoms with van der Waals surface area (Å²) in [5.41, 5.74) is 0.661. The van der Waals surface area contributed by atoms with E-state index in [2.05, 4.69) is 10.6 Å². The number of carbonyl (C=O) groups is 2. The summed E-state index contributed by atoms with van der Waals surface area (Å²) >= 11 is 0. The lowest BCUT2D eigenvalue weighted by atomic mass is 10.2. The maximum atomic E-state index is 10.9. The number of amides is 1. The Labute approximate surface area is 129 Å². The molecule has 122 valence electrons. The first-order chi connectivity index (χ1) is 10.4. The van der Waals surface area contributed by atoms with Crippen molar-refractivity contribution in [1.29, 1.82) is 0 Å². The third-order valence-electron chi connectivity index (χ3n) is 2.92.